The van der Waals surface area contributed by atoms with Gasteiger partial charge in [0.2, 0.25) is 0 Å². The third-order valence-electron chi connectivity index (χ3n) is 15.8. The van der Waals surface area contributed by atoms with Gasteiger partial charge in [-0.2, -0.15) is 0 Å². The van der Waals surface area contributed by atoms with Gasteiger partial charge in [-0.3, -0.25) is 0 Å². The molecule has 0 aliphatic heterocycles. The standard InChI is InChI=1S/C64H78O4/c1-3-5-7-17-47-27-31-49(32-28-47)19-9-11-21-51-35-39-55(40-36-51)63(65)67-59-45-43-53-23-13-15-25-57(53)61(59)62-58-26-16-14-24-54(58)44-46-60(62)68-64(66)56-41-37-52(38-42-56)22-12-10-20-50-33-29-48(30-34-50)18-8-6-4-2/h13-16,23-26,35-50H,3-12,17-22,27-34H2,1-2H3/t47-,48-,49-,50-. The maximum Gasteiger partial charge on any atom is 0.343 e. The van der Waals surface area contributed by atoms with E-state index >= 15 is 0 Å². The van der Waals surface area contributed by atoms with Crippen molar-refractivity contribution < 1.29 is 19.1 Å². The highest BCUT2D eigenvalue weighted by molar-refractivity contribution is 6.11. The zero-order valence-corrected chi connectivity index (χ0v) is 41.5. The third kappa shape index (κ3) is 13.5. The van der Waals surface area contributed by atoms with Crippen molar-refractivity contribution >= 4 is 33.5 Å². The number of carbonyl (C=O) groups excluding carboxylic acids is 2. The fraction of sp³-hybridized carbons (Fsp3) is 0.469. The summed E-state index contributed by atoms with van der Waals surface area (Å²) >= 11 is 0. The molecular weight excluding hydrogens is 833 g/mol. The molecule has 8 rings (SSSR count). The van der Waals surface area contributed by atoms with Crippen LogP contribution in [-0.4, -0.2) is 11.9 Å². The van der Waals surface area contributed by atoms with Gasteiger partial charge in [0, 0.05) is 11.1 Å². The molecular formula is C64H78O4. The third-order valence-corrected chi connectivity index (χ3v) is 15.8. The monoisotopic (exact) mass is 911 g/mol. The first-order valence-corrected chi connectivity index (χ1v) is 27.1. The van der Waals surface area contributed by atoms with Crippen LogP contribution in [0.2, 0.25) is 0 Å². The van der Waals surface area contributed by atoms with Crippen LogP contribution in [0.4, 0.5) is 0 Å². The van der Waals surface area contributed by atoms with Crippen molar-refractivity contribution in [1.29, 1.82) is 0 Å². The summed E-state index contributed by atoms with van der Waals surface area (Å²) in [4.78, 5) is 28.0. The summed E-state index contributed by atoms with van der Waals surface area (Å²) in [5, 5.41) is 3.79. The van der Waals surface area contributed by atoms with Crippen LogP contribution in [0.25, 0.3) is 32.7 Å². The molecule has 6 aromatic carbocycles. The minimum atomic E-state index is -0.419. The Balaban J connectivity index is 0.904. The second-order valence-electron chi connectivity index (χ2n) is 20.7. The Morgan fingerprint density at radius 3 is 1.09 bits per heavy atom. The number of aryl methyl sites for hydroxylation is 2. The van der Waals surface area contributed by atoms with E-state index in [0.29, 0.717) is 33.8 Å². The van der Waals surface area contributed by atoms with Gasteiger partial charge in [-0.15, -0.1) is 0 Å². The minimum Gasteiger partial charge on any atom is -0.422 e. The molecule has 2 aliphatic rings. The Kier molecular flexibility index (Phi) is 18.4. The summed E-state index contributed by atoms with van der Waals surface area (Å²) in [5.74, 6) is 3.72. The van der Waals surface area contributed by atoms with Gasteiger partial charge >= 0.3 is 11.9 Å². The first-order chi connectivity index (χ1) is 33.4. The quantitative estimate of drug-likeness (QED) is 0.0365. The van der Waals surface area contributed by atoms with E-state index in [0.717, 1.165) is 58.1 Å². The Morgan fingerprint density at radius 1 is 0.397 bits per heavy atom. The Hall–Kier alpha value is -5.22. The molecule has 0 amide bonds. The number of rotatable bonds is 23. The van der Waals surface area contributed by atoms with Gasteiger partial charge in [0.1, 0.15) is 11.5 Å². The first kappa shape index (κ1) is 49.2. The van der Waals surface area contributed by atoms with E-state index < -0.39 is 11.9 Å². The largest absolute Gasteiger partial charge is 0.422 e. The van der Waals surface area contributed by atoms with Crippen LogP contribution in [0.15, 0.2) is 121 Å². The van der Waals surface area contributed by atoms with Gasteiger partial charge in [0.25, 0.3) is 0 Å². The normalized spacial score (nSPS) is 18.4. The molecule has 4 nitrogen and oxygen atoms in total. The van der Waals surface area contributed by atoms with E-state index in [2.05, 4.69) is 50.2 Å². The second-order valence-corrected chi connectivity index (χ2v) is 20.7. The topological polar surface area (TPSA) is 52.6 Å². The molecule has 0 bridgehead atoms. The molecule has 0 heterocycles. The fourth-order valence-corrected chi connectivity index (χ4v) is 11.6. The molecule has 0 aromatic heterocycles. The molecule has 0 unspecified atom stereocenters. The number of esters is 2. The van der Waals surface area contributed by atoms with E-state index in [1.165, 1.54) is 152 Å². The molecule has 0 atom stereocenters. The lowest BCUT2D eigenvalue weighted by Gasteiger charge is -2.28. The molecule has 68 heavy (non-hydrogen) atoms. The average Bonchev–Trinajstić information content (AvgIpc) is 3.38. The molecule has 0 radical (unpaired) electrons. The summed E-state index contributed by atoms with van der Waals surface area (Å²) in [6, 6.07) is 39.8. The van der Waals surface area contributed by atoms with Crippen molar-refractivity contribution in [3.8, 4) is 22.6 Å². The van der Waals surface area contributed by atoms with Gasteiger partial charge < -0.3 is 9.47 Å². The summed E-state index contributed by atoms with van der Waals surface area (Å²) in [6.45, 7) is 4.60. The number of ether oxygens (including phenoxy) is 2. The molecule has 6 aromatic rings. The SMILES string of the molecule is CCCCC[C@H]1CC[C@H](CCCCc2ccc(C(=O)Oc3ccc4ccccc4c3-c3c(OC(=O)c4ccc(CCCC[C@H]5CC[C@H](CCCCC)CC5)cc4)ccc4ccccc34)cc2)CC1. The molecule has 0 saturated heterocycles. The van der Waals surface area contributed by atoms with E-state index in [4.69, 9.17) is 9.47 Å². The highest BCUT2D eigenvalue weighted by Crippen LogP contribution is 2.46. The summed E-state index contributed by atoms with van der Waals surface area (Å²) in [6.07, 6.45) is 32.0. The van der Waals surface area contributed by atoms with E-state index in [-0.39, 0.29) is 0 Å². The Bertz CT molecular complexity index is 2320. The number of unbranched alkanes of at least 4 members (excludes halogenated alkanes) is 6. The van der Waals surface area contributed by atoms with Crippen LogP contribution >= 0.6 is 0 Å². The second kappa shape index (κ2) is 25.4. The molecule has 2 aliphatic carbocycles. The minimum absolute atomic E-state index is 0.417. The van der Waals surface area contributed by atoms with Crippen LogP contribution in [-0.2, 0) is 12.8 Å². The predicted molar refractivity (Wildman–Crippen MR) is 284 cm³/mol. The molecule has 2 fully saturated rings. The Morgan fingerprint density at radius 2 is 0.735 bits per heavy atom. The van der Waals surface area contributed by atoms with Crippen molar-refractivity contribution in [3.05, 3.63) is 144 Å². The number of hydrogen-bond donors (Lipinski definition) is 0. The van der Waals surface area contributed by atoms with Crippen LogP contribution in [0.3, 0.4) is 0 Å². The molecule has 0 N–H and O–H groups in total. The number of hydrogen-bond acceptors (Lipinski definition) is 4. The van der Waals surface area contributed by atoms with Crippen molar-refractivity contribution in [2.45, 2.75) is 168 Å². The number of carbonyl (C=O) groups is 2. The Labute approximate surface area is 408 Å². The van der Waals surface area contributed by atoms with Crippen LogP contribution < -0.4 is 9.47 Å². The van der Waals surface area contributed by atoms with Gasteiger partial charge in [-0.1, -0.05) is 227 Å². The van der Waals surface area contributed by atoms with Gasteiger partial charge in [0.15, 0.2) is 0 Å². The van der Waals surface area contributed by atoms with Gasteiger partial charge in [0.05, 0.1) is 11.1 Å². The van der Waals surface area contributed by atoms with Crippen LogP contribution in [0.1, 0.15) is 187 Å². The average molecular weight is 911 g/mol. The fourth-order valence-electron chi connectivity index (χ4n) is 11.6. The first-order valence-electron chi connectivity index (χ1n) is 27.1. The van der Waals surface area contributed by atoms with Crippen molar-refractivity contribution in [2.24, 2.45) is 23.7 Å². The maximum atomic E-state index is 14.0. The zero-order valence-electron chi connectivity index (χ0n) is 41.5. The summed E-state index contributed by atoms with van der Waals surface area (Å²) < 4.78 is 12.7. The highest BCUT2D eigenvalue weighted by Gasteiger charge is 2.25. The summed E-state index contributed by atoms with van der Waals surface area (Å²) in [5.41, 5.74) is 4.94. The van der Waals surface area contributed by atoms with Gasteiger partial charge in [-0.25, -0.2) is 9.59 Å². The maximum absolute atomic E-state index is 14.0. The smallest absolute Gasteiger partial charge is 0.343 e. The number of fused-ring (bicyclic) bond motifs is 2. The lowest BCUT2D eigenvalue weighted by Crippen LogP contribution is -2.14. The van der Waals surface area contributed by atoms with E-state index in [1.54, 1.807) is 0 Å². The lowest BCUT2D eigenvalue weighted by atomic mass is 9.78. The van der Waals surface area contributed by atoms with Crippen LogP contribution in [0.5, 0.6) is 11.5 Å². The molecule has 358 valence electrons. The van der Waals surface area contributed by atoms with Crippen LogP contribution in [0, 0.1) is 23.7 Å². The highest BCUT2D eigenvalue weighted by atomic mass is 16.5. The molecule has 4 heteroatoms. The van der Waals surface area contributed by atoms with E-state index in [1.807, 2.05) is 84.9 Å². The van der Waals surface area contributed by atoms with Crippen molar-refractivity contribution in [1.82, 2.24) is 0 Å². The zero-order chi connectivity index (χ0) is 46.9. The number of benzene rings is 6. The van der Waals surface area contributed by atoms with E-state index in [9.17, 15) is 9.59 Å². The predicted octanol–water partition coefficient (Wildman–Crippen LogP) is 18.3. The lowest BCUT2D eigenvalue weighted by molar-refractivity contribution is 0.0723. The summed E-state index contributed by atoms with van der Waals surface area (Å²) in [7, 11) is 0. The molecule has 2 saturated carbocycles. The van der Waals surface area contributed by atoms with Crippen molar-refractivity contribution in [2.75, 3.05) is 0 Å². The van der Waals surface area contributed by atoms with Crippen molar-refractivity contribution in [3.63, 3.8) is 0 Å². The van der Waals surface area contributed by atoms with Gasteiger partial charge in [-0.05, 0) is 118 Å². The molecule has 0 spiro atoms.